The van der Waals surface area contributed by atoms with Crippen LogP contribution in [0.25, 0.3) is 0 Å². The second-order valence-corrected chi connectivity index (χ2v) is 5.30. The molecular formula is C16H22F3N2O4+. The standard InChI is InChI=1S/C16H21F3N2O4/c1-4-25-14(23)15(16(17,18)19,21-11(2)22)20-10-9-12-5-7-13(24-3)8-6-12/h5-8,20H,4,9-10H2,1-3H3,(H,21,22)/p+1/t15-/m1/s1. The summed E-state index contributed by atoms with van der Waals surface area (Å²) in [7, 11) is 1.51. The molecule has 0 saturated carbocycles. The van der Waals surface area contributed by atoms with Crippen LogP contribution in [0.15, 0.2) is 24.3 Å². The number of carbonyl (C=O) groups is 2. The molecular weight excluding hydrogens is 341 g/mol. The van der Waals surface area contributed by atoms with E-state index in [-0.39, 0.29) is 19.6 Å². The normalized spacial score (nSPS) is 13.7. The molecule has 9 heteroatoms. The molecule has 0 aromatic heterocycles. The molecule has 1 amide bonds. The molecule has 0 radical (unpaired) electrons. The van der Waals surface area contributed by atoms with E-state index in [1.165, 1.54) is 14.0 Å². The van der Waals surface area contributed by atoms with Crippen molar-refractivity contribution in [2.24, 2.45) is 0 Å². The van der Waals surface area contributed by atoms with Crippen LogP contribution in [0, 0.1) is 0 Å². The first-order valence-electron chi connectivity index (χ1n) is 7.66. The van der Waals surface area contributed by atoms with Crippen molar-refractivity contribution in [3.8, 4) is 5.75 Å². The Kier molecular flexibility index (Phi) is 7.22. The number of quaternary nitrogens is 1. The Bertz CT molecular complexity index is 590. The molecule has 0 aliphatic carbocycles. The lowest BCUT2D eigenvalue weighted by Gasteiger charge is -2.31. The van der Waals surface area contributed by atoms with Gasteiger partial charge in [0.05, 0.1) is 20.3 Å². The number of alkyl halides is 3. The summed E-state index contributed by atoms with van der Waals surface area (Å²) in [5, 5.41) is 2.46. The van der Waals surface area contributed by atoms with Crippen LogP contribution in [-0.4, -0.2) is 44.0 Å². The van der Waals surface area contributed by atoms with Gasteiger partial charge in [-0.1, -0.05) is 12.1 Å². The topological polar surface area (TPSA) is 81.2 Å². The Morgan fingerprint density at radius 3 is 2.24 bits per heavy atom. The van der Waals surface area contributed by atoms with Gasteiger partial charge < -0.3 is 14.8 Å². The van der Waals surface area contributed by atoms with Crippen LogP contribution in [-0.2, 0) is 20.7 Å². The molecule has 1 atom stereocenters. The molecule has 1 aromatic carbocycles. The third-order valence-corrected chi connectivity index (χ3v) is 3.46. The number of hydrogen-bond donors (Lipinski definition) is 2. The number of hydrogen-bond acceptors (Lipinski definition) is 4. The van der Waals surface area contributed by atoms with E-state index in [2.05, 4.69) is 4.74 Å². The third-order valence-electron chi connectivity index (χ3n) is 3.46. The van der Waals surface area contributed by atoms with Crippen molar-refractivity contribution in [3.63, 3.8) is 0 Å². The van der Waals surface area contributed by atoms with E-state index in [1.807, 2.05) is 0 Å². The molecule has 0 bridgehead atoms. The van der Waals surface area contributed by atoms with E-state index in [9.17, 15) is 22.8 Å². The largest absolute Gasteiger partial charge is 0.497 e. The third kappa shape index (κ3) is 5.35. The summed E-state index contributed by atoms with van der Waals surface area (Å²) in [6.45, 7) is 1.98. The zero-order valence-electron chi connectivity index (χ0n) is 14.3. The molecule has 0 saturated heterocycles. The highest BCUT2D eigenvalue weighted by atomic mass is 19.4. The number of nitrogens with two attached hydrogens (primary N) is 1. The summed E-state index contributed by atoms with van der Waals surface area (Å²) in [6.07, 6.45) is -4.77. The average Bonchev–Trinajstić information content (AvgIpc) is 2.53. The number of rotatable bonds is 8. The fraction of sp³-hybridized carbons (Fsp3) is 0.500. The second kappa shape index (κ2) is 8.70. The number of nitrogens with one attached hydrogen (secondary N) is 1. The van der Waals surface area contributed by atoms with Gasteiger partial charge in [0.1, 0.15) is 5.75 Å². The molecule has 3 N–H and O–H groups in total. The predicted molar refractivity (Wildman–Crippen MR) is 82.7 cm³/mol. The van der Waals surface area contributed by atoms with Gasteiger partial charge in [0.15, 0.2) is 0 Å². The Morgan fingerprint density at radius 1 is 1.20 bits per heavy atom. The monoisotopic (exact) mass is 363 g/mol. The minimum absolute atomic E-state index is 0.0923. The first-order valence-corrected chi connectivity index (χ1v) is 7.66. The summed E-state index contributed by atoms with van der Waals surface area (Å²) in [5.41, 5.74) is -2.40. The van der Waals surface area contributed by atoms with Crippen LogP contribution >= 0.6 is 0 Å². The Balaban J connectivity index is 2.94. The lowest BCUT2D eigenvalue weighted by molar-refractivity contribution is -0.743. The van der Waals surface area contributed by atoms with Gasteiger partial charge >= 0.3 is 17.8 Å². The van der Waals surface area contributed by atoms with E-state index in [0.29, 0.717) is 5.75 Å². The molecule has 0 unspecified atom stereocenters. The van der Waals surface area contributed by atoms with Crippen molar-refractivity contribution in [2.75, 3.05) is 20.3 Å². The van der Waals surface area contributed by atoms with Gasteiger partial charge in [0, 0.05) is 13.3 Å². The molecule has 0 aliphatic heterocycles. The minimum Gasteiger partial charge on any atom is -0.497 e. The number of halogens is 3. The van der Waals surface area contributed by atoms with Crippen molar-refractivity contribution >= 4 is 11.9 Å². The summed E-state index contributed by atoms with van der Waals surface area (Å²) >= 11 is 0. The van der Waals surface area contributed by atoms with E-state index >= 15 is 0 Å². The molecule has 1 rings (SSSR count). The fourth-order valence-corrected chi connectivity index (χ4v) is 2.26. The Hall–Kier alpha value is -2.29. The molecule has 0 fully saturated rings. The van der Waals surface area contributed by atoms with E-state index in [1.54, 1.807) is 29.6 Å². The highest BCUT2D eigenvalue weighted by Gasteiger charge is 2.67. The smallest absolute Gasteiger partial charge is 0.478 e. The Morgan fingerprint density at radius 2 is 1.80 bits per heavy atom. The molecule has 0 heterocycles. The number of esters is 1. The highest BCUT2D eigenvalue weighted by molar-refractivity contribution is 5.86. The maximum Gasteiger partial charge on any atom is 0.478 e. The van der Waals surface area contributed by atoms with Gasteiger partial charge in [-0.15, -0.1) is 0 Å². The van der Waals surface area contributed by atoms with Gasteiger partial charge in [-0.25, -0.2) is 4.79 Å². The van der Waals surface area contributed by atoms with Crippen molar-refractivity contribution in [2.45, 2.75) is 32.1 Å². The van der Waals surface area contributed by atoms with Crippen LogP contribution in [0.4, 0.5) is 13.2 Å². The number of carbonyl (C=O) groups excluding carboxylic acids is 2. The molecule has 6 nitrogen and oxygen atoms in total. The lowest BCUT2D eigenvalue weighted by Crippen LogP contribution is -3.07. The van der Waals surface area contributed by atoms with Crippen LogP contribution in [0.3, 0.4) is 0 Å². The van der Waals surface area contributed by atoms with Crippen LogP contribution < -0.4 is 15.4 Å². The second-order valence-electron chi connectivity index (χ2n) is 5.30. The van der Waals surface area contributed by atoms with Crippen LogP contribution in [0.5, 0.6) is 5.75 Å². The van der Waals surface area contributed by atoms with Crippen LogP contribution in [0.2, 0.25) is 0 Å². The first-order chi connectivity index (χ1) is 11.7. The molecule has 1 aromatic rings. The zero-order chi connectivity index (χ0) is 19.1. The zero-order valence-corrected chi connectivity index (χ0v) is 14.3. The molecule has 0 spiro atoms. The molecule has 140 valence electrons. The fourth-order valence-electron chi connectivity index (χ4n) is 2.26. The number of ether oxygens (including phenoxy) is 2. The van der Waals surface area contributed by atoms with Gasteiger partial charge in [0.2, 0.25) is 5.91 Å². The number of benzene rings is 1. The van der Waals surface area contributed by atoms with Crippen molar-refractivity contribution < 1.29 is 37.6 Å². The quantitative estimate of drug-likeness (QED) is 0.528. The van der Waals surface area contributed by atoms with Gasteiger partial charge in [0.25, 0.3) is 0 Å². The van der Waals surface area contributed by atoms with Crippen molar-refractivity contribution in [1.29, 1.82) is 0 Å². The number of amides is 1. The summed E-state index contributed by atoms with van der Waals surface area (Å²) in [5.74, 6) is -1.90. The summed E-state index contributed by atoms with van der Waals surface area (Å²) in [4.78, 5) is 23.2. The maximum atomic E-state index is 13.6. The van der Waals surface area contributed by atoms with Gasteiger partial charge in [-0.05, 0) is 24.6 Å². The van der Waals surface area contributed by atoms with Gasteiger partial charge in [-0.3, -0.25) is 10.1 Å². The summed E-state index contributed by atoms with van der Waals surface area (Å²) in [6, 6.07) is 6.80. The van der Waals surface area contributed by atoms with Gasteiger partial charge in [-0.2, -0.15) is 13.2 Å². The highest BCUT2D eigenvalue weighted by Crippen LogP contribution is 2.26. The SMILES string of the molecule is CCOC(=O)[C@](NC(C)=O)([NH2+]CCc1ccc(OC)cc1)C(F)(F)F. The molecule has 25 heavy (non-hydrogen) atoms. The Labute approximate surface area is 143 Å². The minimum atomic E-state index is -5.02. The van der Waals surface area contributed by atoms with E-state index in [0.717, 1.165) is 17.8 Å². The molecule has 0 aliphatic rings. The van der Waals surface area contributed by atoms with Crippen molar-refractivity contribution in [1.82, 2.24) is 5.32 Å². The van der Waals surface area contributed by atoms with E-state index in [4.69, 9.17) is 4.74 Å². The van der Waals surface area contributed by atoms with Crippen molar-refractivity contribution in [3.05, 3.63) is 29.8 Å². The van der Waals surface area contributed by atoms with E-state index < -0.39 is 23.7 Å². The van der Waals surface area contributed by atoms with Crippen LogP contribution in [0.1, 0.15) is 19.4 Å². The first kappa shape index (κ1) is 20.8. The average molecular weight is 363 g/mol. The predicted octanol–water partition coefficient (Wildman–Crippen LogP) is 0.759. The maximum absolute atomic E-state index is 13.6. The lowest BCUT2D eigenvalue weighted by atomic mass is 10.1. The number of methoxy groups -OCH3 is 1. The summed E-state index contributed by atoms with van der Waals surface area (Å²) < 4.78 is 50.3.